The van der Waals surface area contributed by atoms with E-state index in [-0.39, 0.29) is 5.82 Å². The predicted molar refractivity (Wildman–Crippen MR) is 79.7 cm³/mol. The molecule has 0 fully saturated rings. The third kappa shape index (κ3) is 2.00. The number of hydrazine groups is 1. The van der Waals surface area contributed by atoms with Gasteiger partial charge in [0, 0.05) is 22.6 Å². The van der Waals surface area contributed by atoms with Gasteiger partial charge in [-0.3, -0.25) is 5.84 Å². The smallest absolute Gasteiger partial charge is 0.125 e. The van der Waals surface area contributed by atoms with Crippen LogP contribution in [0.3, 0.4) is 0 Å². The van der Waals surface area contributed by atoms with Gasteiger partial charge < -0.3 is 5.43 Å². The van der Waals surface area contributed by atoms with Gasteiger partial charge in [0.05, 0.1) is 16.9 Å². The number of fused-ring (bicyclic) bond motifs is 1. The molecule has 0 spiro atoms. The van der Waals surface area contributed by atoms with Crippen molar-refractivity contribution in [1.82, 2.24) is 4.98 Å². The highest BCUT2D eigenvalue weighted by atomic mass is 19.1. The van der Waals surface area contributed by atoms with Crippen LogP contribution in [0, 0.1) is 12.7 Å². The van der Waals surface area contributed by atoms with Gasteiger partial charge in [0.15, 0.2) is 0 Å². The normalized spacial score (nSPS) is 10.8. The number of nitrogens with zero attached hydrogens (tertiary/aromatic N) is 1. The zero-order valence-electron chi connectivity index (χ0n) is 11.0. The van der Waals surface area contributed by atoms with Gasteiger partial charge in [-0.05, 0) is 19.1 Å². The summed E-state index contributed by atoms with van der Waals surface area (Å²) >= 11 is 0. The molecule has 0 aliphatic carbocycles. The zero-order valence-corrected chi connectivity index (χ0v) is 11.0. The van der Waals surface area contributed by atoms with Crippen LogP contribution in [0.4, 0.5) is 10.1 Å². The lowest BCUT2D eigenvalue weighted by Gasteiger charge is -2.14. The van der Waals surface area contributed by atoms with Crippen LogP contribution in [0.15, 0.2) is 48.5 Å². The van der Waals surface area contributed by atoms with E-state index in [1.165, 1.54) is 12.1 Å². The molecular formula is C16H14FN3. The van der Waals surface area contributed by atoms with Gasteiger partial charge in [0.1, 0.15) is 5.82 Å². The van der Waals surface area contributed by atoms with E-state index < -0.39 is 0 Å². The molecule has 3 rings (SSSR count). The lowest BCUT2D eigenvalue weighted by atomic mass is 10.0. The van der Waals surface area contributed by atoms with E-state index in [0.717, 1.165) is 27.9 Å². The fourth-order valence-corrected chi connectivity index (χ4v) is 2.40. The number of pyridine rings is 1. The molecule has 0 atom stereocenters. The summed E-state index contributed by atoms with van der Waals surface area (Å²) in [5, 5.41) is 0.811. The number of nitrogens with one attached hydrogen (secondary N) is 1. The van der Waals surface area contributed by atoms with Crippen molar-refractivity contribution in [3.63, 3.8) is 0 Å². The van der Waals surface area contributed by atoms with Crippen molar-refractivity contribution in [2.75, 3.05) is 5.43 Å². The van der Waals surface area contributed by atoms with E-state index >= 15 is 0 Å². The van der Waals surface area contributed by atoms with E-state index in [9.17, 15) is 4.39 Å². The highest BCUT2D eigenvalue weighted by Crippen LogP contribution is 2.32. The van der Waals surface area contributed by atoms with Crippen LogP contribution in [0.1, 0.15) is 5.56 Å². The highest BCUT2D eigenvalue weighted by molar-refractivity contribution is 5.96. The molecule has 0 radical (unpaired) electrons. The molecule has 3 aromatic rings. The first kappa shape index (κ1) is 12.6. The van der Waals surface area contributed by atoms with Crippen LogP contribution < -0.4 is 11.3 Å². The van der Waals surface area contributed by atoms with Crippen LogP contribution in [0.2, 0.25) is 0 Å². The molecule has 0 amide bonds. The van der Waals surface area contributed by atoms with E-state index in [4.69, 9.17) is 5.84 Å². The second-order valence-electron chi connectivity index (χ2n) is 4.63. The maximum absolute atomic E-state index is 13.4. The predicted octanol–water partition coefficient (Wildman–Crippen LogP) is 3.63. The Morgan fingerprint density at radius 3 is 2.55 bits per heavy atom. The third-order valence-corrected chi connectivity index (χ3v) is 3.38. The summed E-state index contributed by atoms with van der Waals surface area (Å²) in [5.74, 6) is 5.32. The fourth-order valence-electron chi connectivity index (χ4n) is 2.40. The molecule has 100 valence electrons. The molecule has 3 nitrogen and oxygen atoms in total. The number of aromatic nitrogens is 1. The lowest BCUT2D eigenvalue weighted by molar-refractivity contribution is 0.629. The van der Waals surface area contributed by atoms with Gasteiger partial charge in [-0.1, -0.05) is 30.3 Å². The second kappa shape index (κ2) is 4.90. The van der Waals surface area contributed by atoms with E-state index in [2.05, 4.69) is 10.4 Å². The van der Waals surface area contributed by atoms with Crippen molar-refractivity contribution >= 4 is 16.6 Å². The average Bonchev–Trinajstić information content (AvgIpc) is 2.48. The van der Waals surface area contributed by atoms with Gasteiger partial charge in [-0.15, -0.1) is 0 Å². The van der Waals surface area contributed by atoms with Gasteiger partial charge >= 0.3 is 0 Å². The van der Waals surface area contributed by atoms with Crippen molar-refractivity contribution in [2.24, 2.45) is 5.84 Å². The minimum absolute atomic E-state index is 0.309. The molecule has 1 heterocycles. The summed E-state index contributed by atoms with van der Waals surface area (Å²) in [5.41, 5.74) is 6.79. The monoisotopic (exact) mass is 267 g/mol. The van der Waals surface area contributed by atoms with Crippen molar-refractivity contribution in [3.05, 3.63) is 59.9 Å². The molecule has 20 heavy (non-hydrogen) atoms. The van der Waals surface area contributed by atoms with Crippen LogP contribution in [-0.4, -0.2) is 4.98 Å². The molecule has 1 aromatic heterocycles. The Labute approximate surface area is 116 Å². The number of nitrogens with two attached hydrogens (primary N) is 1. The standard InChI is InChI=1S/C16H14FN3/c1-10-15(11-5-3-2-4-6-11)19-14-9-12(17)7-8-13(14)16(10)20-18/h2-9H,18H2,1H3,(H,19,20). The van der Waals surface area contributed by atoms with Crippen LogP contribution in [0.25, 0.3) is 22.2 Å². The molecular weight excluding hydrogens is 253 g/mol. The van der Waals surface area contributed by atoms with E-state index in [1.54, 1.807) is 6.07 Å². The Balaban J connectivity index is 2.36. The molecule has 0 saturated heterocycles. The molecule has 0 aliphatic rings. The summed E-state index contributed by atoms with van der Waals surface area (Å²) in [6, 6.07) is 14.3. The van der Waals surface area contributed by atoms with Crippen LogP contribution in [-0.2, 0) is 0 Å². The van der Waals surface area contributed by atoms with E-state index in [1.807, 2.05) is 37.3 Å². The first-order chi connectivity index (χ1) is 9.70. The number of hydrogen-bond acceptors (Lipinski definition) is 3. The topological polar surface area (TPSA) is 50.9 Å². The maximum atomic E-state index is 13.4. The molecule has 3 N–H and O–H groups in total. The molecule has 0 bridgehead atoms. The highest BCUT2D eigenvalue weighted by Gasteiger charge is 2.12. The summed E-state index contributed by atoms with van der Waals surface area (Å²) in [6.07, 6.45) is 0. The van der Waals surface area contributed by atoms with E-state index in [0.29, 0.717) is 5.52 Å². The lowest BCUT2D eigenvalue weighted by Crippen LogP contribution is -2.10. The summed E-state index contributed by atoms with van der Waals surface area (Å²) in [6.45, 7) is 1.95. The van der Waals surface area contributed by atoms with Gasteiger partial charge in [0.25, 0.3) is 0 Å². The van der Waals surface area contributed by atoms with Crippen molar-refractivity contribution in [2.45, 2.75) is 6.92 Å². The quantitative estimate of drug-likeness (QED) is 0.550. The van der Waals surface area contributed by atoms with Gasteiger partial charge in [-0.2, -0.15) is 0 Å². The fraction of sp³-hybridized carbons (Fsp3) is 0.0625. The Morgan fingerprint density at radius 2 is 1.85 bits per heavy atom. The Hall–Kier alpha value is -2.46. The Bertz CT molecular complexity index is 770. The van der Waals surface area contributed by atoms with Crippen molar-refractivity contribution in [3.8, 4) is 11.3 Å². The van der Waals surface area contributed by atoms with Gasteiger partial charge in [0.2, 0.25) is 0 Å². The Morgan fingerprint density at radius 1 is 1.10 bits per heavy atom. The summed E-state index contributed by atoms with van der Waals surface area (Å²) < 4.78 is 13.4. The maximum Gasteiger partial charge on any atom is 0.125 e. The molecule has 2 aromatic carbocycles. The molecule has 0 unspecified atom stereocenters. The third-order valence-electron chi connectivity index (χ3n) is 3.38. The van der Waals surface area contributed by atoms with Gasteiger partial charge in [-0.25, -0.2) is 9.37 Å². The van der Waals surface area contributed by atoms with Crippen molar-refractivity contribution < 1.29 is 4.39 Å². The number of nitrogen functional groups attached to an aromatic ring is 1. The SMILES string of the molecule is Cc1c(-c2ccccc2)nc2cc(F)ccc2c1NN. The minimum Gasteiger partial charge on any atom is -0.323 e. The molecule has 4 heteroatoms. The second-order valence-corrected chi connectivity index (χ2v) is 4.63. The summed E-state index contributed by atoms with van der Waals surface area (Å²) in [7, 11) is 0. The first-order valence-corrected chi connectivity index (χ1v) is 6.32. The zero-order chi connectivity index (χ0) is 14.1. The van der Waals surface area contributed by atoms with Crippen LogP contribution in [0.5, 0.6) is 0 Å². The first-order valence-electron chi connectivity index (χ1n) is 6.32. The summed E-state index contributed by atoms with van der Waals surface area (Å²) in [4.78, 5) is 4.58. The number of benzene rings is 2. The number of hydrogen-bond donors (Lipinski definition) is 2. The number of halogens is 1. The molecule has 0 saturated carbocycles. The molecule has 0 aliphatic heterocycles. The largest absolute Gasteiger partial charge is 0.323 e. The number of anilines is 1. The minimum atomic E-state index is -0.309. The average molecular weight is 267 g/mol. The number of rotatable bonds is 2. The Kier molecular flexibility index (Phi) is 3.08. The van der Waals surface area contributed by atoms with Crippen molar-refractivity contribution in [1.29, 1.82) is 0 Å². The van der Waals surface area contributed by atoms with Crippen LogP contribution >= 0.6 is 0 Å².